The maximum atomic E-state index is 10.3. The third-order valence-electron chi connectivity index (χ3n) is 0.935. The van der Waals surface area contributed by atoms with E-state index in [4.69, 9.17) is 5.73 Å². The fourth-order valence-electron chi connectivity index (χ4n) is 0.556. The monoisotopic (exact) mass is 216 g/mol. The topological polar surface area (TPSA) is 65.2 Å². The molecular formula is C6H5BrN2O2. The number of aromatic nitrogens is 1. The van der Waals surface area contributed by atoms with Gasteiger partial charge in [-0.1, -0.05) is 0 Å². The average Bonchev–Trinajstić information content (AvgIpc) is 1.93. The number of nitrogens with two attached hydrogens (primary N) is 1. The van der Waals surface area contributed by atoms with E-state index in [1.165, 1.54) is 0 Å². The van der Waals surface area contributed by atoms with Gasteiger partial charge in [-0.2, -0.15) is 0 Å². The van der Waals surface area contributed by atoms with Crippen LogP contribution in [0.25, 0.3) is 0 Å². The molecule has 0 aliphatic carbocycles. The third kappa shape index (κ3) is 2.19. The molecule has 0 atom stereocenters. The van der Waals surface area contributed by atoms with Gasteiger partial charge in [0.15, 0.2) is 5.75 Å². The predicted molar refractivity (Wildman–Crippen MR) is 42.1 cm³/mol. The highest BCUT2D eigenvalue weighted by atomic mass is 79.9. The number of rotatable bonds is 1. The Balaban J connectivity index is 2.86. The number of halogens is 1. The number of nitrogens with zero attached hydrogens (tertiary/aromatic N) is 1. The molecule has 0 fully saturated rings. The van der Waals surface area contributed by atoms with E-state index in [2.05, 4.69) is 25.7 Å². The van der Waals surface area contributed by atoms with Crippen molar-refractivity contribution in [2.75, 3.05) is 0 Å². The second-order valence-electron chi connectivity index (χ2n) is 1.71. The van der Waals surface area contributed by atoms with E-state index in [-0.39, 0.29) is 0 Å². The minimum atomic E-state index is -0.848. The van der Waals surface area contributed by atoms with E-state index in [0.717, 1.165) is 0 Å². The zero-order chi connectivity index (χ0) is 8.27. The lowest BCUT2D eigenvalue weighted by atomic mass is 10.5. The molecule has 1 heterocycles. The van der Waals surface area contributed by atoms with Crippen molar-refractivity contribution in [2.45, 2.75) is 0 Å². The summed E-state index contributed by atoms with van der Waals surface area (Å²) in [5, 5.41) is 0. The molecule has 2 N–H and O–H groups in total. The fourth-order valence-corrected chi connectivity index (χ4v) is 0.887. The van der Waals surface area contributed by atoms with E-state index in [0.29, 0.717) is 10.4 Å². The number of hydrogen-bond donors (Lipinski definition) is 1. The van der Waals surface area contributed by atoms with Crippen molar-refractivity contribution in [2.24, 2.45) is 5.73 Å². The first-order valence-corrected chi connectivity index (χ1v) is 3.57. The standard InChI is InChI=1S/C6H5BrN2O2/c7-5-4(11-6(8)10)2-1-3-9-5/h1-3H,(H2,8,10). The van der Waals surface area contributed by atoms with E-state index in [1.807, 2.05) is 0 Å². The van der Waals surface area contributed by atoms with Crippen LogP contribution in [0, 0.1) is 0 Å². The molecule has 0 bridgehead atoms. The van der Waals surface area contributed by atoms with Crippen molar-refractivity contribution in [1.29, 1.82) is 0 Å². The Hall–Kier alpha value is -1.10. The van der Waals surface area contributed by atoms with Crippen molar-refractivity contribution in [3.63, 3.8) is 0 Å². The first-order chi connectivity index (χ1) is 5.20. The quantitative estimate of drug-likeness (QED) is 0.721. The highest BCUT2D eigenvalue weighted by molar-refractivity contribution is 9.10. The fraction of sp³-hybridized carbons (Fsp3) is 0. The van der Waals surface area contributed by atoms with Crippen molar-refractivity contribution < 1.29 is 9.53 Å². The number of carbonyl (C=O) groups is 1. The third-order valence-corrected chi connectivity index (χ3v) is 1.53. The highest BCUT2D eigenvalue weighted by Gasteiger charge is 2.02. The second-order valence-corrected chi connectivity index (χ2v) is 2.46. The van der Waals surface area contributed by atoms with E-state index >= 15 is 0 Å². The van der Waals surface area contributed by atoms with Gasteiger partial charge in [-0.05, 0) is 28.1 Å². The van der Waals surface area contributed by atoms with Crippen LogP contribution in [-0.4, -0.2) is 11.1 Å². The molecule has 1 amide bonds. The minimum Gasteiger partial charge on any atom is -0.408 e. The summed E-state index contributed by atoms with van der Waals surface area (Å²) in [6.45, 7) is 0. The SMILES string of the molecule is NC(=O)Oc1cccnc1Br. The van der Waals surface area contributed by atoms with Crippen molar-refractivity contribution in [1.82, 2.24) is 4.98 Å². The first-order valence-electron chi connectivity index (χ1n) is 2.78. The maximum Gasteiger partial charge on any atom is 0.410 e. The molecule has 0 saturated heterocycles. The van der Waals surface area contributed by atoms with Crippen LogP contribution in [0.15, 0.2) is 22.9 Å². The molecule has 0 aliphatic rings. The van der Waals surface area contributed by atoms with Crippen LogP contribution in [-0.2, 0) is 0 Å². The molecule has 1 rings (SSSR count). The summed E-state index contributed by atoms with van der Waals surface area (Å²) in [7, 11) is 0. The van der Waals surface area contributed by atoms with Crippen molar-refractivity contribution >= 4 is 22.0 Å². The maximum absolute atomic E-state index is 10.3. The zero-order valence-corrected chi connectivity index (χ0v) is 7.04. The Kier molecular flexibility index (Phi) is 2.43. The van der Waals surface area contributed by atoms with Gasteiger partial charge in [-0.25, -0.2) is 9.78 Å². The van der Waals surface area contributed by atoms with E-state index in [1.54, 1.807) is 18.3 Å². The van der Waals surface area contributed by atoms with Gasteiger partial charge in [-0.15, -0.1) is 0 Å². The summed E-state index contributed by atoms with van der Waals surface area (Å²) in [6.07, 6.45) is 0.719. The molecule has 0 saturated carbocycles. The molecule has 1 aromatic heterocycles. The molecule has 58 valence electrons. The van der Waals surface area contributed by atoms with Crippen LogP contribution in [0.3, 0.4) is 0 Å². The molecular weight excluding hydrogens is 212 g/mol. The lowest BCUT2D eigenvalue weighted by molar-refractivity contribution is 0.210. The normalized spacial score (nSPS) is 9.18. The van der Waals surface area contributed by atoms with Crippen LogP contribution < -0.4 is 10.5 Å². The molecule has 0 aliphatic heterocycles. The minimum absolute atomic E-state index is 0.319. The predicted octanol–water partition coefficient (Wildman–Crippen LogP) is 1.30. The van der Waals surface area contributed by atoms with Crippen LogP contribution in [0.4, 0.5) is 4.79 Å². The van der Waals surface area contributed by atoms with E-state index < -0.39 is 6.09 Å². The Morgan fingerprint density at radius 2 is 2.45 bits per heavy atom. The number of ether oxygens (including phenoxy) is 1. The zero-order valence-electron chi connectivity index (χ0n) is 5.45. The van der Waals surface area contributed by atoms with Gasteiger partial charge in [0, 0.05) is 6.20 Å². The Morgan fingerprint density at radius 1 is 1.73 bits per heavy atom. The summed E-state index contributed by atoms with van der Waals surface area (Å²) >= 11 is 3.08. The van der Waals surface area contributed by atoms with Gasteiger partial charge in [0.1, 0.15) is 4.60 Å². The largest absolute Gasteiger partial charge is 0.410 e. The van der Waals surface area contributed by atoms with Gasteiger partial charge in [0.25, 0.3) is 0 Å². The number of hydrogen-bond acceptors (Lipinski definition) is 3. The average molecular weight is 217 g/mol. The Labute approximate surface area is 71.5 Å². The number of primary amides is 1. The lowest BCUT2D eigenvalue weighted by Crippen LogP contribution is -2.16. The first kappa shape index (κ1) is 8.00. The molecule has 5 heteroatoms. The van der Waals surface area contributed by atoms with Crippen molar-refractivity contribution in [3.8, 4) is 5.75 Å². The van der Waals surface area contributed by atoms with Crippen LogP contribution >= 0.6 is 15.9 Å². The smallest absolute Gasteiger partial charge is 0.408 e. The molecule has 0 spiro atoms. The summed E-state index contributed by atoms with van der Waals surface area (Å²) < 4.78 is 5.03. The number of carbonyl (C=O) groups excluding carboxylic acids is 1. The number of amides is 1. The lowest BCUT2D eigenvalue weighted by Gasteiger charge is -2.00. The molecule has 4 nitrogen and oxygen atoms in total. The molecule has 1 aromatic rings. The highest BCUT2D eigenvalue weighted by Crippen LogP contribution is 2.20. The van der Waals surface area contributed by atoms with Crippen LogP contribution in [0.5, 0.6) is 5.75 Å². The second kappa shape index (κ2) is 3.34. The molecule has 0 unspecified atom stereocenters. The van der Waals surface area contributed by atoms with E-state index in [9.17, 15) is 4.79 Å². The molecule has 0 radical (unpaired) electrons. The molecule has 11 heavy (non-hydrogen) atoms. The van der Waals surface area contributed by atoms with Crippen LogP contribution in [0.1, 0.15) is 0 Å². The Morgan fingerprint density at radius 3 is 3.00 bits per heavy atom. The van der Waals surface area contributed by atoms with Gasteiger partial charge in [0.2, 0.25) is 0 Å². The summed E-state index contributed by atoms with van der Waals surface area (Å²) in [5.74, 6) is 0.319. The van der Waals surface area contributed by atoms with Crippen LogP contribution in [0.2, 0.25) is 0 Å². The van der Waals surface area contributed by atoms with Gasteiger partial charge in [-0.3, -0.25) is 0 Å². The summed E-state index contributed by atoms with van der Waals surface area (Å²) in [5.41, 5.74) is 4.78. The van der Waals surface area contributed by atoms with Gasteiger partial charge >= 0.3 is 6.09 Å². The molecule has 0 aromatic carbocycles. The Bertz CT molecular complexity index is 277. The summed E-state index contributed by atoms with van der Waals surface area (Å²) in [4.78, 5) is 14.1. The number of pyridine rings is 1. The van der Waals surface area contributed by atoms with Gasteiger partial charge < -0.3 is 10.5 Å². The summed E-state index contributed by atoms with van der Waals surface area (Å²) in [6, 6.07) is 3.23. The van der Waals surface area contributed by atoms with Gasteiger partial charge in [0.05, 0.1) is 0 Å². The van der Waals surface area contributed by atoms with Crippen molar-refractivity contribution in [3.05, 3.63) is 22.9 Å².